The van der Waals surface area contributed by atoms with Crippen LogP contribution in [-0.2, 0) is 14.3 Å². The van der Waals surface area contributed by atoms with Crippen molar-refractivity contribution in [2.45, 2.75) is 26.4 Å². The number of nitrogens with zero attached hydrogens (tertiary/aromatic N) is 2. The molecule has 0 aliphatic rings. The van der Waals surface area contributed by atoms with Crippen LogP contribution in [0.3, 0.4) is 0 Å². The highest BCUT2D eigenvalue weighted by Gasteiger charge is 2.21. The molecular formula is C19H27FN2O3. The molecule has 0 fully saturated rings. The molecule has 1 rings (SSSR count). The molecule has 25 heavy (non-hydrogen) atoms. The van der Waals surface area contributed by atoms with Gasteiger partial charge in [-0.1, -0.05) is 18.2 Å². The summed E-state index contributed by atoms with van der Waals surface area (Å²) in [5, 5.41) is 0. The fraction of sp³-hybridized carbons (Fsp3) is 0.474. The second kappa shape index (κ2) is 9.32. The van der Waals surface area contributed by atoms with Gasteiger partial charge in [-0.3, -0.25) is 9.59 Å². The van der Waals surface area contributed by atoms with Crippen molar-refractivity contribution in [2.75, 3.05) is 33.7 Å². The smallest absolute Gasteiger partial charge is 0.326 e. The molecular weight excluding hydrogens is 323 g/mol. The van der Waals surface area contributed by atoms with Crippen molar-refractivity contribution in [3.8, 4) is 0 Å². The summed E-state index contributed by atoms with van der Waals surface area (Å²) in [5.74, 6) is -1.24. The van der Waals surface area contributed by atoms with Gasteiger partial charge in [-0.15, -0.1) is 0 Å². The van der Waals surface area contributed by atoms with Crippen molar-refractivity contribution in [2.24, 2.45) is 0 Å². The molecule has 5 nitrogen and oxygen atoms in total. The van der Waals surface area contributed by atoms with Gasteiger partial charge < -0.3 is 14.5 Å². The molecule has 6 heteroatoms. The quantitative estimate of drug-likeness (QED) is 0.560. The molecule has 0 heterocycles. The van der Waals surface area contributed by atoms with E-state index in [1.54, 1.807) is 39.0 Å². The first-order valence-electron chi connectivity index (χ1n) is 8.16. The van der Waals surface area contributed by atoms with Crippen LogP contribution in [0.4, 0.5) is 4.39 Å². The Morgan fingerprint density at radius 2 is 1.80 bits per heavy atom. The number of benzene rings is 1. The maximum absolute atomic E-state index is 13.6. The Kier molecular flexibility index (Phi) is 7.77. The second-order valence-corrected chi connectivity index (χ2v) is 7.00. The van der Waals surface area contributed by atoms with E-state index in [9.17, 15) is 14.0 Å². The number of ether oxygens (including phenoxy) is 1. The molecule has 0 atom stereocenters. The van der Waals surface area contributed by atoms with E-state index in [-0.39, 0.29) is 12.5 Å². The lowest BCUT2D eigenvalue weighted by atomic mass is 10.2. The van der Waals surface area contributed by atoms with Crippen molar-refractivity contribution in [1.29, 1.82) is 0 Å². The molecule has 0 saturated carbocycles. The Morgan fingerprint density at radius 3 is 2.36 bits per heavy atom. The van der Waals surface area contributed by atoms with E-state index in [0.717, 1.165) is 0 Å². The summed E-state index contributed by atoms with van der Waals surface area (Å²) in [4.78, 5) is 27.8. The third kappa shape index (κ3) is 8.44. The fourth-order valence-corrected chi connectivity index (χ4v) is 1.99. The number of hydrogen-bond donors (Lipinski definition) is 0. The van der Waals surface area contributed by atoms with Gasteiger partial charge in [0.1, 0.15) is 18.0 Å². The maximum Gasteiger partial charge on any atom is 0.326 e. The van der Waals surface area contributed by atoms with Gasteiger partial charge in [-0.2, -0.15) is 0 Å². The Labute approximate surface area is 149 Å². The van der Waals surface area contributed by atoms with Gasteiger partial charge in [0.15, 0.2) is 0 Å². The average molecular weight is 350 g/mol. The first-order valence-corrected chi connectivity index (χ1v) is 8.16. The Balaban J connectivity index is 2.81. The molecule has 1 aromatic rings. The molecule has 0 saturated heterocycles. The molecule has 0 aliphatic carbocycles. The third-order valence-corrected chi connectivity index (χ3v) is 3.18. The largest absolute Gasteiger partial charge is 0.459 e. The fourth-order valence-electron chi connectivity index (χ4n) is 1.99. The van der Waals surface area contributed by atoms with E-state index in [4.69, 9.17) is 4.74 Å². The van der Waals surface area contributed by atoms with E-state index in [1.165, 1.54) is 23.1 Å². The minimum atomic E-state index is -0.615. The van der Waals surface area contributed by atoms with Crippen LogP contribution in [-0.4, -0.2) is 61.0 Å². The normalized spacial score (nSPS) is 11.8. The van der Waals surface area contributed by atoms with E-state index in [0.29, 0.717) is 18.7 Å². The molecule has 1 aromatic carbocycles. The Bertz CT molecular complexity index is 621. The highest BCUT2D eigenvalue weighted by atomic mass is 19.1. The van der Waals surface area contributed by atoms with Gasteiger partial charge in [0.05, 0.1) is 0 Å². The van der Waals surface area contributed by atoms with Gasteiger partial charge in [0, 0.05) is 24.7 Å². The van der Waals surface area contributed by atoms with E-state index < -0.39 is 17.4 Å². The molecule has 1 amide bonds. The number of rotatable bonds is 7. The standard InChI is InChI=1S/C19H27FN2O3/c1-19(2,3)25-18(24)14-22(13-12-21(4)5)17(23)11-10-15-8-6-7-9-16(15)20/h6-11H,12-14H2,1-5H3. The number of amides is 1. The van der Waals surface area contributed by atoms with Gasteiger partial charge in [0.2, 0.25) is 5.91 Å². The van der Waals surface area contributed by atoms with Crippen LogP contribution in [0.1, 0.15) is 26.3 Å². The molecule has 0 N–H and O–H groups in total. The first kappa shape index (κ1) is 20.8. The van der Waals surface area contributed by atoms with Crippen LogP contribution >= 0.6 is 0 Å². The highest BCUT2D eigenvalue weighted by molar-refractivity contribution is 5.93. The predicted octanol–water partition coefficient (Wildman–Crippen LogP) is 2.57. The summed E-state index contributed by atoms with van der Waals surface area (Å²) >= 11 is 0. The molecule has 138 valence electrons. The third-order valence-electron chi connectivity index (χ3n) is 3.18. The van der Waals surface area contributed by atoms with E-state index in [2.05, 4.69) is 0 Å². The van der Waals surface area contributed by atoms with Crippen molar-refractivity contribution in [1.82, 2.24) is 9.80 Å². The SMILES string of the molecule is CN(C)CCN(CC(=O)OC(C)(C)C)C(=O)C=Cc1ccccc1F. The van der Waals surface area contributed by atoms with Gasteiger partial charge in [-0.05, 0) is 47.0 Å². The molecule has 0 bridgehead atoms. The van der Waals surface area contributed by atoms with Crippen LogP contribution in [0, 0.1) is 5.82 Å². The lowest BCUT2D eigenvalue weighted by molar-refractivity contribution is -0.158. The summed E-state index contributed by atoms with van der Waals surface area (Å²) in [6.45, 7) is 6.14. The van der Waals surface area contributed by atoms with E-state index in [1.807, 2.05) is 19.0 Å². The van der Waals surface area contributed by atoms with Crippen LogP contribution < -0.4 is 0 Å². The molecule has 0 aromatic heterocycles. The van der Waals surface area contributed by atoms with Crippen molar-refractivity contribution in [3.63, 3.8) is 0 Å². The number of hydrogen-bond acceptors (Lipinski definition) is 4. The van der Waals surface area contributed by atoms with Crippen LogP contribution in [0.25, 0.3) is 6.08 Å². The summed E-state index contributed by atoms with van der Waals surface area (Å²) in [7, 11) is 3.76. The lowest BCUT2D eigenvalue weighted by Gasteiger charge is -2.25. The number of carbonyl (C=O) groups is 2. The zero-order valence-corrected chi connectivity index (χ0v) is 15.6. The van der Waals surface area contributed by atoms with Crippen molar-refractivity contribution >= 4 is 18.0 Å². The molecule has 0 radical (unpaired) electrons. The van der Waals surface area contributed by atoms with Gasteiger partial charge in [0.25, 0.3) is 0 Å². The monoisotopic (exact) mass is 350 g/mol. The highest BCUT2D eigenvalue weighted by Crippen LogP contribution is 2.10. The molecule has 0 spiro atoms. The van der Waals surface area contributed by atoms with Crippen LogP contribution in [0.5, 0.6) is 0 Å². The Hall–Kier alpha value is -2.21. The van der Waals surface area contributed by atoms with Gasteiger partial charge >= 0.3 is 5.97 Å². The first-order chi connectivity index (χ1) is 11.6. The number of halogens is 1. The van der Waals surface area contributed by atoms with Crippen molar-refractivity contribution < 1.29 is 18.7 Å². The number of esters is 1. The van der Waals surface area contributed by atoms with Crippen LogP contribution in [0.2, 0.25) is 0 Å². The van der Waals surface area contributed by atoms with Gasteiger partial charge in [-0.25, -0.2) is 4.39 Å². The average Bonchev–Trinajstić information content (AvgIpc) is 2.48. The number of carbonyl (C=O) groups excluding carboxylic acids is 2. The predicted molar refractivity (Wildman–Crippen MR) is 96.4 cm³/mol. The van der Waals surface area contributed by atoms with Crippen molar-refractivity contribution in [3.05, 3.63) is 41.7 Å². The topological polar surface area (TPSA) is 49.9 Å². The minimum Gasteiger partial charge on any atom is -0.459 e. The molecule has 0 unspecified atom stereocenters. The summed E-state index contributed by atoms with van der Waals surface area (Å²) in [6.07, 6.45) is 2.69. The van der Waals surface area contributed by atoms with E-state index >= 15 is 0 Å². The minimum absolute atomic E-state index is 0.147. The van der Waals surface area contributed by atoms with Crippen LogP contribution in [0.15, 0.2) is 30.3 Å². The maximum atomic E-state index is 13.6. The zero-order valence-electron chi connectivity index (χ0n) is 15.6. The summed E-state index contributed by atoms with van der Waals surface area (Å²) in [5.41, 5.74) is -0.295. The summed E-state index contributed by atoms with van der Waals surface area (Å²) < 4.78 is 18.9. The second-order valence-electron chi connectivity index (χ2n) is 7.00. The molecule has 0 aliphatic heterocycles. The zero-order chi connectivity index (χ0) is 19.0. The number of likely N-dealkylation sites (N-methyl/N-ethyl adjacent to an activating group) is 1. The summed E-state index contributed by atoms with van der Waals surface area (Å²) in [6, 6.07) is 6.18. The Morgan fingerprint density at radius 1 is 1.16 bits per heavy atom. The lowest BCUT2D eigenvalue weighted by Crippen LogP contribution is -2.41.